The van der Waals surface area contributed by atoms with E-state index in [0.717, 1.165) is 23.6 Å². The van der Waals surface area contributed by atoms with Crippen LogP contribution in [0, 0.1) is 5.82 Å². The molecule has 0 aliphatic rings. The molecule has 0 unspecified atom stereocenters. The normalized spacial score (nSPS) is 11.6. The number of aryl methyl sites for hydroxylation is 2. The molecule has 0 saturated heterocycles. The average Bonchev–Trinajstić information content (AvgIpc) is 3.45. The second-order valence-electron chi connectivity index (χ2n) is 7.08. The van der Waals surface area contributed by atoms with E-state index in [1.807, 2.05) is 36.5 Å². The molecule has 4 aromatic rings. The first kappa shape index (κ1) is 20.2. The van der Waals surface area contributed by atoms with Gasteiger partial charge in [0.1, 0.15) is 11.6 Å². The highest BCUT2D eigenvalue weighted by molar-refractivity contribution is 6.05. The van der Waals surface area contributed by atoms with E-state index in [9.17, 15) is 14.3 Å². The molecule has 2 heterocycles. The molecule has 7 nitrogen and oxygen atoms in total. The molecule has 2 aromatic carbocycles. The first-order valence-electron chi connectivity index (χ1n) is 9.75. The van der Waals surface area contributed by atoms with Crippen LogP contribution in [-0.4, -0.2) is 36.1 Å². The summed E-state index contributed by atoms with van der Waals surface area (Å²) in [5, 5.41) is 23.5. The Morgan fingerprint density at radius 3 is 2.55 bits per heavy atom. The topological polar surface area (TPSA) is 96.7 Å². The number of rotatable bonds is 8. The maximum Gasteiger partial charge on any atom is 0.244 e. The van der Waals surface area contributed by atoms with E-state index in [-0.39, 0.29) is 17.4 Å². The number of aliphatic hydroxyl groups excluding tert-OH is 1. The van der Waals surface area contributed by atoms with Crippen LogP contribution in [0.3, 0.4) is 0 Å². The number of nitrogens with one attached hydrogen (secondary N) is 1. The van der Waals surface area contributed by atoms with Gasteiger partial charge in [0, 0.05) is 36.1 Å². The second kappa shape index (κ2) is 9.17. The smallest absolute Gasteiger partial charge is 0.244 e. The van der Waals surface area contributed by atoms with Crippen molar-refractivity contribution in [2.75, 3.05) is 0 Å². The third-order valence-corrected chi connectivity index (χ3v) is 4.91. The number of ketones is 1. The summed E-state index contributed by atoms with van der Waals surface area (Å²) in [5.41, 5.74) is 3.03. The minimum absolute atomic E-state index is 0.136. The van der Waals surface area contributed by atoms with Crippen molar-refractivity contribution in [3.63, 3.8) is 0 Å². The lowest BCUT2D eigenvalue weighted by Gasteiger charge is -2.04. The maximum absolute atomic E-state index is 14.1. The first-order valence-corrected chi connectivity index (χ1v) is 9.75. The molecular formula is C23H20FN5O2. The molecule has 0 aliphatic heterocycles. The molecule has 0 aliphatic carbocycles. The molecule has 0 spiro atoms. The zero-order valence-electron chi connectivity index (χ0n) is 16.6. The summed E-state index contributed by atoms with van der Waals surface area (Å²) in [6.07, 6.45) is 6.04. The molecule has 0 fully saturated rings. The van der Waals surface area contributed by atoms with Crippen molar-refractivity contribution in [3.8, 4) is 0 Å². The quantitative estimate of drug-likeness (QED) is 0.259. The fourth-order valence-corrected chi connectivity index (χ4v) is 3.36. The number of benzene rings is 2. The fraction of sp³-hybridized carbons (Fsp3) is 0.130. The molecule has 156 valence electrons. The van der Waals surface area contributed by atoms with Crippen LogP contribution >= 0.6 is 0 Å². The van der Waals surface area contributed by atoms with Crippen molar-refractivity contribution in [2.24, 2.45) is 0 Å². The Morgan fingerprint density at radius 1 is 1.03 bits per heavy atom. The van der Waals surface area contributed by atoms with Crippen LogP contribution in [0.25, 0.3) is 5.76 Å². The molecular weight excluding hydrogens is 397 g/mol. The molecule has 31 heavy (non-hydrogen) atoms. The van der Waals surface area contributed by atoms with Crippen LogP contribution < -0.4 is 0 Å². The Morgan fingerprint density at radius 2 is 1.81 bits per heavy atom. The van der Waals surface area contributed by atoms with Gasteiger partial charge in [0.25, 0.3) is 0 Å². The van der Waals surface area contributed by atoms with Gasteiger partial charge in [-0.3, -0.25) is 4.79 Å². The van der Waals surface area contributed by atoms with Gasteiger partial charge in [-0.25, -0.2) is 4.39 Å². The second-order valence-corrected chi connectivity index (χ2v) is 7.08. The maximum atomic E-state index is 14.1. The third-order valence-electron chi connectivity index (χ3n) is 4.91. The first-order chi connectivity index (χ1) is 15.1. The van der Waals surface area contributed by atoms with Crippen molar-refractivity contribution >= 4 is 11.5 Å². The number of hydrogen-bond donors (Lipinski definition) is 2. The summed E-state index contributed by atoms with van der Waals surface area (Å²) in [7, 11) is 0. The molecule has 0 saturated carbocycles. The number of aromatic nitrogens is 5. The van der Waals surface area contributed by atoms with Crippen molar-refractivity contribution in [2.45, 2.75) is 19.4 Å². The fourth-order valence-electron chi connectivity index (χ4n) is 3.36. The molecule has 0 radical (unpaired) electrons. The Hall–Kier alpha value is -4.07. The number of carbonyl (C=O) groups is 1. The lowest BCUT2D eigenvalue weighted by molar-refractivity contribution is 0.103. The molecule has 0 bridgehead atoms. The van der Waals surface area contributed by atoms with Crippen LogP contribution in [0.4, 0.5) is 4.39 Å². The number of nitrogens with zero attached hydrogens (tertiary/aromatic N) is 4. The van der Waals surface area contributed by atoms with Crippen molar-refractivity contribution < 1.29 is 14.3 Å². The number of halogens is 1. The summed E-state index contributed by atoms with van der Waals surface area (Å²) in [6, 6.07) is 16.5. The molecule has 8 heteroatoms. The van der Waals surface area contributed by atoms with Crippen LogP contribution in [0.5, 0.6) is 0 Å². The van der Waals surface area contributed by atoms with E-state index >= 15 is 0 Å². The Bertz CT molecular complexity index is 1200. The van der Waals surface area contributed by atoms with E-state index in [0.29, 0.717) is 24.1 Å². The molecule has 2 aromatic heterocycles. The van der Waals surface area contributed by atoms with Crippen molar-refractivity contribution in [1.29, 1.82) is 0 Å². The van der Waals surface area contributed by atoms with E-state index in [1.165, 1.54) is 6.07 Å². The molecule has 2 N–H and O–H groups in total. The molecule has 0 amide bonds. The van der Waals surface area contributed by atoms with Gasteiger partial charge in [-0.05, 0) is 35.2 Å². The zero-order chi connectivity index (χ0) is 21.6. The van der Waals surface area contributed by atoms with E-state index in [2.05, 4.69) is 20.6 Å². The van der Waals surface area contributed by atoms with Gasteiger partial charge in [0.05, 0.1) is 0 Å². The predicted octanol–water partition coefficient (Wildman–Crippen LogP) is 3.76. The van der Waals surface area contributed by atoms with Crippen molar-refractivity contribution in [1.82, 2.24) is 25.2 Å². The van der Waals surface area contributed by atoms with E-state index in [1.54, 1.807) is 29.0 Å². The zero-order valence-corrected chi connectivity index (χ0v) is 16.6. The van der Waals surface area contributed by atoms with Gasteiger partial charge in [0.2, 0.25) is 11.6 Å². The van der Waals surface area contributed by atoms with Gasteiger partial charge in [-0.1, -0.05) is 48.5 Å². The number of H-pyrrole nitrogens is 1. The van der Waals surface area contributed by atoms with Crippen LogP contribution in [0.2, 0.25) is 0 Å². The van der Waals surface area contributed by atoms with Gasteiger partial charge in [-0.2, -0.15) is 5.21 Å². The van der Waals surface area contributed by atoms with Crippen LogP contribution in [0.1, 0.15) is 32.9 Å². The SMILES string of the molecule is O=C(C=C(O)c1cn(Cc2ccccc2F)cc1CCc1ccccc1)c1nn[nH]n1. The lowest BCUT2D eigenvalue weighted by Crippen LogP contribution is -2.00. The summed E-state index contributed by atoms with van der Waals surface area (Å²) >= 11 is 0. The van der Waals surface area contributed by atoms with Crippen molar-refractivity contribution in [3.05, 3.63) is 107 Å². The highest BCUT2D eigenvalue weighted by Gasteiger charge is 2.16. The highest BCUT2D eigenvalue weighted by atomic mass is 19.1. The minimum Gasteiger partial charge on any atom is -0.507 e. The standard InChI is InChI=1S/C23H20FN5O2/c24-20-9-5-4-8-18(20)14-29-13-17(11-10-16-6-2-1-3-7-16)19(15-29)21(30)12-22(31)23-25-27-28-26-23/h1-9,12-13,15,30H,10-11,14H2,(H,25,26,27,28). The summed E-state index contributed by atoms with van der Waals surface area (Å²) in [4.78, 5) is 12.2. The van der Waals surface area contributed by atoms with Crippen LogP contribution in [0.15, 0.2) is 73.1 Å². The minimum atomic E-state index is -0.567. The van der Waals surface area contributed by atoms with E-state index in [4.69, 9.17) is 0 Å². The number of aromatic amines is 1. The van der Waals surface area contributed by atoms with Gasteiger partial charge >= 0.3 is 0 Å². The summed E-state index contributed by atoms with van der Waals surface area (Å²) < 4.78 is 15.9. The van der Waals surface area contributed by atoms with E-state index < -0.39 is 5.78 Å². The highest BCUT2D eigenvalue weighted by Crippen LogP contribution is 2.22. The Balaban J connectivity index is 1.63. The summed E-state index contributed by atoms with van der Waals surface area (Å²) in [6.45, 7) is 0.303. The largest absolute Gasteiger partial charge is 0.507 e. The number of carbonyl (C=O) groups excluding carboxylic acids is 1. The predicted molar refractivity (Wildman–Crippen MR) is 113 cm³/mol. The number of hydrogen-bond acceptors (Lipinski definition) is 5. The lowest BCUT2D eigenvalue weighted by atomic mass is 10.0. The van der Waals surface area contributed by atoms with Crippen LogP contribution in [-0.2, 0) is 19.4 Å². The Labute approximate surface area is 177 Å². The van der Waals surface area contributed by atoms with Gasteiger partial charge < -0.3 is 9.67 Å². The van der Waals surface area contributed by atoms with Gasteiger partial charge in [0.15, 0.2) is 0 Å². The number of allylic oxidation sites excluding steroid dienone is 1. The molecule has 0 atom stereocenters. The molecule has 4 rings (SSSR count). The summed E-state index contributed by atoms with van der Waals surface area (Å²) in [5.74, 6) is -1.20. The third kappa shape index (κ3) is 4.92. The van der Waals surface area contributed by atoms with Gasteiger partial charge in [-0.15, -0.1) is 10.2 Å². The monoisotopic (exact) mass is 417 g/mol. The Kier molecular flexibility index (Phi) is 5.98. The number of tetrazole rings is 1. The number of aliphatic hydroxyl groups is 1. The average molecular weight is 417 g/mol.